The number of benzene rings is 10. The Bertz CT molecular complexity index is 3470. The summed E-state index contributed by atoms with van der Waals surface area (Å²) in [5.41, 5.74) is 15.1. The van der Waals surface area contributed by atoms with E-state index in [0.717, 1.165) is 50.1 Å². The van der Waals surface area contributed by atoms with E-state index >= 15 is 0 Å². The fourth-order valence-electron chi connectivity index (χ4n) is 9.87. The molecule has 59 heavy (non-hydrogen) atoms. The molecule has 0 fully saturated rings. The van der Waals surface area contributed by atoms with Gasteiger partial charge >= 0.3 is 0 Å². The van der Waals surface area contributed by atoms with Crippen molar-refractivity contribution in [1.29, 1.82) is 0 Å². The average molecular weight is 754 g/mol. The molecule has 0 saturated heterocycles. The Balaban J connectivity index is 1.09. The number of nitrogens with zero attached hydrogens (tertiary/aromatic N) is 1. The fourth-order valence-corrected chi connectivity index (χ4v) is 9.87. The monoisotopic (exact) mass is 753 g/mol. The van der Waals surface area contributed by atoms with E-state index in [9.17, 15) is 0 Å². The molecule has 10 aromatic carbocycles. The lowest BCUT2D eigenvalue weighted by molar-refractivity contribution is 0.661. The second-order valence-electron chi connectivity index (χ2n) is 16.5. The Labute approximate surface area is 343 Å². The lowest BCUT2D eigenvalue weighted by Gasteiger charge is -2.30. The van der Waals surface area contributed by atoms with Crippen LogP contribution in [0.15, 0.2) is 205 Å². The van der Waals surface area contributed by atoms with Crippen LogP contribution in [0.25, 0.3) is 87.6 Å². The fraction of sp³-hybridized carbons (Fsp3) is 0.0526. The molecule has 1 aromatic heterocycles. The van der Waals surface area contributed by atoms with Crippen LogP contribution in [0.3, 0.4) is 0 Å². The zero-order valence-electron chi connectivity index (χ0n) is 32.9. The molecule has 1 aliphatic rings. The van der Waals surface area contributed by atoms with Crippen LogP contribution in [0.4, 0.5) is 17.1 Å². The normalized spacial score (nSPS) is 13.1. The van der Waals surface area contributed by atoms with Gasteiger partial charge in [0.05, 0.1) is 5.69 Å². The Morgan fingerprint density at radius 1 is 0.373 bits per heavy atom. The van der Waals surface area contributed by atoms with E-state index in [0.29, 0.717) is 0 Å². The minimum absolute atomic E-state index is 0.127. The lowest BCUT2D eigenvalue weighted by Crippen LogP contribution is -2.15. The molecule has 0 saturated carbocycles. The van der Waals surface area contributed by atoms with Gasteiger partial charge in [0.15, 0.2) is 0 Å². The van der Waals surface area contributed by atoms with Gasteiger partial charge in [0.25, 0.3) is 0 Å². The third kappa shape index (κ3) is 5.20. The summed E-state index contributed by atoms with van der Waals surface area (Å²) in [5.74, 6) is 0. The number of hydrogen-bond donors (Lipinski definition) is 0. The average Bonchev–Trinajstić information content (AvgIpc) is 3.76. The summed E-state index contributed by atoms with van der Waals surface area (Å²) in [6, 6.07) is 73.5. The highest BCUT2D eigenvalue weighted by atomic mass is 16.3. The topological polar surface area (TPSA) is 16.4 Å². The molecule has 0 amide bonds. The standard InChI is InChI=1S/C57H39NO/c1-57(2)51-29-28-43(35-49(51)48-32-39-14-3-4-15-40(39)34-52(48)57)58(42-26-22-36(23-27-42)41-25-31-55-50(33-41)46-19-9-10-21-54(46)59-55)53-30-24-38-13-6-8-18-45(38)56(53)47-20-11-16-37-12-5-7-17-44(37)47/h3-35H,1-2H3. The summed E-state index contributed by atoms with van der Waals surface area (Å²) >= 11 is 0. The van der Waals surface area contributed by atoms with E-state index < -0.39 is 0 Å². The van der Waals surface area contributed by atoms with Gasteiger partial charge in [-0.15, -0.1) is 0 Å². The second-order valence-corrected chi connectivity index (χ2v) is 16.5. The van der Waals surface area contributed by atoms with Crippen molar-refractivity contribution in [3.8, 4) is 33.4 Å². The maximum absolute atomic E-state index is 6.18. The summed E-state index contributed by atoms with van der Waals surface area (Å²) in [5, 5.41) is 9.72. The maximum Gasteiger partial charge on any atom is 0.135 e. The molecule has 1 heterocycles. The van der Waals surface area contributed by atoms with Crippen molar-refractivity contribution in [3.63, 3.8) is 0 Å². The van der Waals surface area contributed by atoms with Crippen LogP contribution in [-0.2, 0) is 5.41 Å². The predicted molar refractivity (Wildman–Crippen MR) is 249 cm³/mol. The van der Waals surface area contributed by atoms with Crippen molar-refractivity contribution < 1.29 is 4.42 Å². The summed E-state index contributed by atoms with van der Waals surface area (Å²) < 4.78 is 6.18. The Morgan fingerprint density at radius 2 is 0.983 bits per heavy atom. The van der Waals surface area contributed by atoms with Crippen LogP contribution in [0, 0.1) is 0 Å². The first kappa shape index (κ1) is 33.7. The van der Waals surface area contributed by atoms with Crippen LogP contribution in [0.5, 0.6) is 0 Å². The quantitative estimate of drug-likeness (QED) is 0.174. The molecule has 0 atom stereocenters. The summed E-state index contributed by atoms with van der Waals surface area (Å²) in [6.45, 7) is 4.74. The Kier molecular flexibility index (Phi) is 7.31. The molecule has 0 spiro atoms. The lowest BCUT2D eigenvalue weighted by atomic mass is 9.82. The van der Waals surface area contributed by atoms with Gasteiger partial charge in [0.2, 0.25) is 0 Å². The second kappa shape index (κ2) is 12.8. The molecule has 0 radical (unpaired) electrons. The first-order chi connectivity index (χ1) is 29.0. The van der Waals surface area contributed by atoms with Gasteiger partial charge in [-0.25, -0.2) is 0 Å². The molecule has 2 nitrogen and oxygen atoms in total. The van der Waals surface area contributed by atoms with Gasteiger partial charge in [-0.1, -0.05) is 153 Å². The van der Waals surface area contributed by atoms with Gasteiger partial charge < -0.3 is 9.32 Å². The molecule has 0 bridgehead atoms. The van der Waals surface area contributed by atoms with Gasteiger partial charge in [-0.3, -0.25) is 0 Å². The Hall–Kier alpha value is -7.42. The number of hydrogen-bond acceptors (Lipinski definition) is 2. The maximum atomic E-state index is 6.18. The van der Waals surface area contributed by atoms with Gasteiger partial charge in [-0.2, -0.15) is 0 Å². The summed E-state index contributed by atoms with van der Waals surface area (Å²) in [7, 11) is 0. The zero-order chi connectivity index (χ0) is 39.2. The molecule has 278 valence electrons. The van der Waals surface area contributed by atoms with Crippen LogP contribution in [0.1, 0.15) is 25.0 Å². The number of para-hydroxylation sites is 1. The van der Waals surface area contributed by atoms with E-state index in [1.807, 2.05) is 12.1 Å². The largest absolute Gasteiger partial charge is 0.456 e. The highest BCUT2D eigenvalue weighted by Crippen LogP contribution is 2.53. The highest BCUT2D eigenvalue weighted by Gasteiger charge is 2.36. The predicted octanol–water partition coefficient (Wildman–Crippen LogP) is 16.2. The SMILES string of the molecule is CC1(C)c2ccc(N(c3ccc(-c4ccc5oc6ccccc6c5c4)cc3)c3ccc4ccccc4c3-c3cccc4ccccc34)cc2-c2cc3ccccc3cc21. The minimum atomic E-state index is -0.127. The van der Waals surface area contributed by atoms with Crippen LogP contribution in [0.2, 0.25) is 0 Å². The third-order valence-corrected chi connectivity index (χ3v) is 12.8. The zero-order valence-corrected chi connectivity index (χ0v) is 32.9. The molecular weight excluding hydrogens is 715 g/mol. The highest BCUT2D eigenvalue weighted by molar-refractivity contribution is 6.12. The van der Waals surface area contributed by atoms with Crippen molar-refractivity contribution in [3.05, 3.63) is 211 Å². The van der Waals surface area contributed by atoms with Crippen LogP contribution >= 0.6 is 0 Å². The first-order valence-electron chi connectivity index (χ1n) is 20.5. The minimum Gasteiger partial charge on any atom is -0.456 e. The van der Waals surface area contributed by atoms with Crippen LogP contribution in [-0.4, -0.2) is 0 Å². The molecule has 1 aliphatic carbocycles. The van der Waals surface area contributed by atoms with E-state index in [1.54, 1.807) is 0 Å². The number of furan rings is 1. The van der Waals surface area contributed by atoms with Crippen molar-refractivity contribution in [1.82, 2.24) is 0 Å². The van der Waals surface area contributed by atoms with Crippen molar-refractivity contribution in [2.45, 2.75) is 19.3 Å². The molecule has 2 heteroatoms. The van der Waals surface area contributed by atoms with Crippen LogP contribution < -0.4 is 4.90 Å². The summed E-state index contributed by atoms with van der Waals surface area (Å²) in [6.07, 6.45) is 0. The molecular formula is C57H39NO. The van der Waals surface area contributed by atoms with Gasteiger partial charge in [0.1, 0.15) is 11.2 Å². The molecule has 11 aromatic rings. The Morgan fingerprint density at radius 3 is 1.80 bits per heavy atom. The number of fused-ring (bicyclic) bond motifs is 9. The van der Waals surface area contributed by atoms with E-state index in [2.05, 4.69) is 207 Å². The molecule has 12 rings (SSSR count). The molecule has 0 aliphatic heterocycles. The van der Waals surface area contributed by atoms with E-state index in [1.165, 1.54) is 65.7 Å². The van der Waals surface area contributed by atoms with E-state index in [-0.39, 0.29) is 5.41 Å². The van der Waals surface area contributed by atoms with Crippen molar-refractivity contribution >= 4 is 71.3 Å². The number of rotatable bonds is 5. The third-order valence-electron chi connectivity index (χ3n) is 12.8. The first-order valence-corrected chi connectivity index (χ1v) is 20.5. The smallest absolute Gasteiger partial charge is 0.135 e. The van der Waals surface area contributed by atoms with Gasteiger partial charge in [-0.05, 0) is 132 Å². The van der Waals surface area contributed by atoms with Crippen molar-refractivity contribution in [2.24, 2.45) is 0 Å². The van der Waals surface area contributed by atoms with Gasteiger partial charge in [0, 0.05) is 33.1 Å². The molecule has 0 N–H and O–H groups in total. The van der Waals surface area contributed by atoms with Crippen molar-refractivity contribution in [2.75, 3.05) is 4.90 Å². The number of anilines is 3. The summed E-state index contributed by atoms with van der Waals surface area (Å²) in [4.78, 5) is 2.48. The van der Waals surface area contributed by atoms with E-state index in [4.69, 9.17) is 4.42 Å². The molecule has 0 unspecified atom stereocenters.